The molecule has 1 saturated heterocycles. The number of hydrogen-bond donors (Lipinski definition) is 2. The lowest BCUT2D eigenvalue weighted by molar-refractivity contribution is 0.238. The number of nitrogens with zero attached hydrogens (tertiary/aromatic N) is 3. The number of hydrogen-bond acceptors (Lipinski definition) is 5. The van der Waals surface area contributed by atoms with Gasteiger partial charge in [-0.25, -0.2) is 4.98 Å². The lowest BCUT2D eigenvalue weighted by Crippen LogP contribution is -2.39. The number of aromatic nitrogens is 2. The average Bonchev–Trinajstić information content (AvgIpc) is 2.64. The normalized spacial score (nSPS) is 20.8. The lowest BCUT2D eigenvalue weighted by Gasteiger charge is -2.33. The SMILES string of the molecule is C[C@H]1CCCN(c2nc3c(c(=O)[nH]2)CN(Cc2ccccc2O)CC3)C1. The molecule has 0 spiro atoms. The van der Waals surface area contributed by atoms with Gasteiger partial charge in [0.15, 0.2) is 0 Å². The Morgan fingerprint density at radius 1 is 1.31 bits per heavy atom. The standard InChI is InChI=1S/C20H26N4O2/c1-14-5-4-9-24(11-14)20-21-17-8-10-23(13-16(17)19(26)22-20)12-15-6-2-3-7-18(15)25/h2-3,6-7,14,25H,4-5,8-13H2,1H3,(H,21,22,26)/t14-/m0/s1. The predicted molar refractivity (Wildman–Crippen MR) is 101 cm³/mol. The van der Waals surface area contributed by atoms with Gasteiger partial charge in [0, 0.05) is 44.7 Å². The molecule has 26 heavy (non-hydrogen) atoms. The molecule has 0 bridgehead atoms. The van der Waals surface area contributed by atoms with Gasteiger partial charge in [-0.3, -0.25) is 14.7 Å². The zero-order valence-corrected chi connectivity index (χ0v) is 15.2. The summed E-state index contributed by atoms with van der Waals surface area (Å²) in [5.41, 5.74) is 2.56. The van der Waals surface area contributed by atoms with Crippen molar-refractivity contribution in [1.82, 2.24) is 14.9 Å². The first-order valence-corrected chi connectivity index (χ1v) is 9.46. The third-order valence-electron chi connectivity index (χ3n) is 5.48. The quantitative estimate of drug-likeness (QED) is 0.885. The number of nitrogens with one attached hydrogen (secondary N) is 1. The summed E-state index contributed by atoms with van der Waals surface area (Å²) < 4.78 is 0. The van der Waals surface area contributed by atoms with Crippen molar-refractivity contribution < 1.29 is 5.11 Å². The molecule has 0 unspecified atom stereocenters. The molecule has 0 aliphatic carbocycles. The largest absolute Gasteiger partial charge is 0.508 e. The average molecular weight is 354 g/mol. The summed E-state index contributed by atoms with van der Waals surface area (Å²) in [6, 6.07) is 7.37. The molecule has 0 saturated carbocycles. The van der Waals surface area contributed by atoms with Gasteiger partial charge in [-0.15, -0.1) is 0 Å². The number of rotatable bonds is 3. The molecule has 2 aliphatic rings. The van der Waals surface area contributed by atoms with Crippen molar-refractivity contribution in [3.8, 4) is 5.75 Å². The highest BCUT2D eigenvalue weighted by atomic mass is 16.3. The molecule has 0 radical (unpaired) electrons. The molecule has 1 atom stereocenters. The van der Waals surface area contributed by atoms with E-state index in [2.05, 4.69) is 21.7 Å². The molecular weight excluding hydrogens is 328 g/mol. The van der Waals surface area contributed by atoms with Gasteiger partial charge in [0.05, 0.1) is 11.3 Å². The number of fused-ring (bicyclic) bond motifs is 1. The highest BCUT2D eigenvalue weighted by molar-refractivity contribution is 5.36. The topological polar surface area (TPSA) is 72.5 Å². The summed E-state index contributed by atoms with van der Waals surface area (Å²) in [6.45, 7) is 6.22. The first-order valence-electron chi connectivity index (χ1n) is 9.46. The Labute approximate surface area is 153 Å². The summed E-state index contributed by atoms with van der Waals surface area (Å²) in [5.74, 6) is 1.67. The number of H-pyrrole nitrogens is 1. The number of phenolic OH excluding ortho intramolecular Hbond substituents is 1. The molecule has 138 valence electrons. The Balaban J connectivity index is 1.53. The smallest absolute Gasteiger partial charge is 0.257 e. The van der Waals surface area contributed by atoms with E-state index in [1.807, 2.05) is 18.2 Å². The van der Waals surface area contributed by atoms with Crippen molar-refractivity contribution >= 4 is 5.95 Å². The van der Waals surface area contributed by atoms with Gasteiger partial charge >= 0.3 is 0 Å². The molecule has 1 fully saturated rings. The van der Waals surface area contributed by atoms with E-state index in [1.54, 1.807) is 6.07 Å². The van der Waals surface area contributed by atoms with E-state index in [9.17, 15) is 9.90 Å². The predicted octanol–water partition coefficient (Wildman–Crippen LogP) is 2.27. The molecule has 3 heterocycles. The van der Waals surface area contributed by atoms with Crippen LogP contribution in [0.2, 0.25) is 0 Å². The van der Waals surface area contributed by atoms with Crippen molar-refractivity contribution in [3.63, 3.8) is 0 Å². The van der Waals surface area contributed by atoms with Gasteiger partial charge in [-0.05, 0) is 24.8 Å². The number of benzene rings is 1. The first kappa shape index (κ1) is 17.1. The van der Waals surface area contributed by atoms with Gasteiger partial charge in [-0.1, -0.05) is 25.1 Å². The number of phenols is 1. The van der Waals surface area contributed by atoms with Crippen LogP contribution in [0.3, 0.4) is 0 Å². The van der Waals surface area contributed by atoms with Gasteiger partial charge in [-0.2, -0.15) is 0 Å². The second-order valence-electron chi connectivity index (χ2n) is 7.60. The van der Waals surface area contributed by atoms with Crippen LogP contribution in [-0.4, -0.2) is 39.6 Å². The zero-order valence-electron chi connectivity index (χ0n) is 15.2. The van der Waals surface area contributed by atoms with Crippen molar-refractivity contribution in [1.29, 1.82) is 0 Å². The number of anilines is 1. The third kappa shape index (κ3) is 3.46. The number of aromatic amines is 1. The van der Waals surface area contributed by atoms with Crippen molar-refractivity contribution in [2.75, 3.05) is 24.5 Å². The van der Waals surface area contributed by atoms with Crippen LogP contribution in [0.1, 0.15) is 36.6 Å². The fourth-order valence-corrected chi connectivity index (χ4v) is 4.02. The Bertz CT molecular complexity index is 848. The molecular formula is C20H26N4O2. The molecule has 1 aromatic heterocycles. The molecule has 2 aromatic rings. The fraction of sp³-hybridized carbons (Fsp3) is 0.500. The third-order valence-corrected chi connectivity index (χ3v) is 5.48. The Kier molecular flexibility index (Phi) is 4.68. The van der Waals surface area contributed by atoms with Gasteiger partial charge in [0.25, 0.3) is 5.56 Å². The molecule has 2 N–H and O–H groups in total. The summed E-state index contributed by atoms with van der Waals surface area (Å²) >= 11 is 0. The van der Waals surface area contributed by atoms with E-state index >= 15 is 0 Å². The van der Waals surface area contributed by atoms with E-state index in [4.69, 9.17) is 4.98 Å². The monoisotopic (exact) mass is 354 g/mol. The molecule has 4 rings (SSSR count). The van der Waals surface area contributed by atoms with Gasteiger partial charge in [0.1, 0.15) is 5.75 Å². The van der Waals surface area contributed by atoms with Gasteiger partial charge in [0.2, 0.25) is 5.95 Å². The van der Waals surface area contributed by atoms with E-state index in [0.717, 1.165) is 55.2 Å². The Morgan fingerprint density at radius 2 is 2.15 bits per heavy atom. The minimum atomic E-state index is -0.0230. The fourth-order valence-electron chi connectivity index (χ4n) is 4.02. The van der Waals surface area contributed by atoms with Crippen LogP contribution in [0.25, 0.3) is 0 Å². The van der Waals surface area contributed by atoms with Gasteiger partial charge < -0.3 is 10.0 Å². The summed E-state index contributed by atoms with van der Waals surface area (Å²) in [5, 5.41) is 9.98. The summed E-state index contributed by atoms with van der Waals surface area (Å²) in [4.78, 5) is 24.9. The van der Waals surface area contributed by atoms with Crippen LogP contribution in [0.15, 0.2) is 29.1 Å². The highest BCUT2D eigenvalue weighted by Crippen LogP contribution is 2.24. The van der Waals surface area contributed by atoms with E-state index in [1.165, 1.54) is 6.42 Å². The first-order chi connectivity index (χ1) is 12.6. The zero-order chi connectivity index (χ0) is 18.1. The number of piperidine rings is 1. The Morgan fingerprint density at radius 3 is 2.96 bits per heavy atom. The van der Waals surface area contributed by atoms with Crippen LogP contribution in [0, 0.1) is 5.92 Å². The second kappa shape index (κ2) is 7.11. The molecule has 0 amide bonds. The highest BCUT2D eigenvalue weighted by Gasteiger charge is 2.24. The van der Waals surface area contributed by atoms with Crippen LogP contribution in [0.5, 0.6) is 5.75 Å². The number of para-hydroxylation sites is 1. The van der Waals surface area contributed by atoms with Crippen molar-refractivity contribution in [2.45, 2.75) is 39.3 Å². The maximum atomic E-state index is 12.7. The minimum Gasteiger partial charge on any atom is -0.508 e. The lowest BCUT2D eigenvalue weighted by atomic mass is 10.0. The van der Waals surface area contributed by atoms with Crippen LogP contribution >= 0.6 is 0 Å². The maximum Gasteiger partial charge on any atom is 0.257 e. The van der Waals surface area contributed by atoms with Crippen LogP contribution in [-0.2, 0) is 19.5 Å². The molecule has 1 aromatic carbocycles. The Hall–Kier alpha value is -2.34. The van der Waals surface area contributed by atoms with E-state index < -0.39 is 0 Å². The van der Waals surface area contributed by atoms with Crippen molar-refractivity contribution in [2.24, 2.45) is 5.92 Å². The maximum absolute atomic E-state index is 12.7. The summed E-state index contributed by atoms with van der Waals surface area (Å²) in [6.07, 6.45) is 3.16. The van der Waals surface area contributed by atoms with Crippen LogP contribution < -0.4 is 10.5 Å². The molecule has 6 heteroatoms. The van der Waals surface area contributed by atoms with Crippen molar-refractivity contribution in [3.05, 3.63) is 51.4 Å². The minimum absolute atomic E-state index is 0.0230. The molecule has 6 nitrogen and oxygen atoms in total. The molecule has 2 aliphatic heterocycles. The van der Waals surface area contributed by atoms with E-state index in [-0.39, 0.29) is 5.56 Å². The van der Waals surface area contributed by atoms with E-state index in [0.29, 0.717) is 24.8 Å². The van der Waals surface area contributed by atoms with Crippen LogP contribution in [0.4, 0.5) is 5.95 Å². The summed E-state index contributed by atoms with van der Waals surface area (Å²) in [7, 11) is 0. The number of aromatic hydroxyl groups is 1. The second-order valence-corrected chi connectivity index (χ2v) is 7.60.